The normalized spacial score (nSPS) is 27.0. The molecular formula is C24H20Cl2N2O3. The van der Waals surface area contributed by atoms with Gasteiger partial charge in [-0.15, -0.1) is 0 Å². The summed E-state index contributed by atoms with van der Waals surface area (Å²) >= 11 is 12.2. The van der Waals surface area contributed by atoms with Gasteiger partial charge in [-0.1, -0.05) is 65.7 Å². The average molecular weight is 455 g/mol. The molecule has 2 fully saturated rings. The fraction of sp³-hybridized carbons (Fsp3) is 0.292. The van der Waals surface area contributed by atoms with E-state index in [4.69, 9.17) is 23.2 Å². The second-order valence-corrected chi connectivity index (χ2v) is 9.21. The molecule has 2 aliphatic carbocycles. The van der Waals surface area contributed by atoms with E-state index < -0.39 is 11.9 Å². The molecule has 5 unspecified atom stereocenters. The second kappa shape index (κ2) is 7.81. The zero-order valence-corrected chi connectivity index (χ0v) is 18.0. The molecule has 0 aromatic heterocycles. The van der Waals surface area contributed by atoms with Crippen LogP contribution in [0.5, 0.6) is 0 Å². The molecule has 7 heteroatoms. The molecule has 1 aliphatic heterocycles. The monoisotopic (exact) mass is 454 g/mol. The third-order valence-corrected chi connectivity index (χ3v) is 7.13. The highest BCUT2D eigenvalue weighted by Gasteiger charge is 2.61. The number of carbonyl (C=O) groups excluding carboxylic acids is 3. The van der Waals surface area contributed by atoms with Gasteiger partial charge in [-0.25, -0.2) is 0 Å². The number of nitrogens with zero attached hydrogens (tertiary/aromatic N) is 1. The van der Waals surface area contributed by atoms with Crippen LogP contribution in [0.1, 0.15) is 12.0 Å². The highest BCUT2D eigenvalue weighted by atomic mass is 35.5. The number of benzene rings is 2. The van der Waals surface area contributed by atoms with Gasteiger partial charge in [0.2, 0.25) is 17.7 Å². The molecule has 0 spiro atoms. The number of anilines is 1. The van der Waals surface area contributed by atoms with Crippen molar-refractivity contribution in [3.8, 4) is 0 Å². The first kappa shape index (κ1) is 20.3. The highest BCUT2D eigenvalue weighted by Crippen LogP contribution is 2.53. The fourth-order valence-corrected chi connectivity index (χ4v) is 5.63. The van der Waals surface area contributed by atoms with Crippen LogP contribution in [0.3, 0.4) is 0 Å². The Morgan fingerprint density at radius 3 is 2.26 bits per heavy atom. The quantitative estimate of drug-likeness (QED) is 0.539. The summed E-state index contributed by atoms with van der Waals surface area (Å²) in [5.74, 6) is -1.48. The number of halogens is 2. The van der Waals surface area contributed by atoms with Gasteiger partial charge in [0.25, 0.3) is 0 Å². The Morgan fingerprint density at radius 2 is 1.65 bits per heavy atom. The predicted octanol–water partition coefficient (Wildman–Crippen LogP) is 4.35. The highest BCUT2D eigenvalue weighted by molar-refractivity contribution is 6.36. The minimum atomic E-state index is -0.959. The number of amides is 3. The average Bonchev–Trinajstić information content (AvgIpc) is 3.43. The molecule has 1 saturated carbocycles. The largest absolute Gasteiger partial charge is 0.323 e. The standard InChI is InChI=1S/C24H20Cl2N2O3/c25-16-8-9-18(17(26)12-16)27-22(29)19(10-13-4-2-1-3-5-13)28-23(30)20-14-6-7-15(11-14)21(20)24(28)31/h1-9,12,14-15,19-21H,10-11H2,(H,27,29). The predicted molar refractivity (Wildman–Crippen MR) is 119 cm³/mol. The number of allylic oxidation sites excluding steroid dienone is 2. The summed E-state index contributed by atoms with van der Waals surface area (Å²) in [7, 11) is 0. The van der Waals surface area contributed by atoms with E-state index in [1.165, 1.54) is 11.0 Å². The first-order valence-electron chi connectivity index (χ1n) is 10.3. The molecule has 158 valence electrons. The Morgan fingerprint density at radius 1 is 1.00 bits per heavy atom. The maximum absolute atomic E-state index is 13.4. The molecule has 31 heavy (non-hydrogen) atoms. The van der Waals surface area contributed by atoms with Crippen LogP contribution in [0, 0.1) is 23.7 Å². The molecule has 2 bridgehead atoms. The Bertz CT molecular complexity index is 1070. The van der Waals surface area contributed by atoms with Crippen molar-refractivity contribution in [1.82, 2.24) is 4.90 Å². The lowest BCUT2D eigenvalue weighted by Gasteiger charge is -2.27. The first-order valence-corrected chi connectivity index (χ1v) is 11.0. The summed E-state index contributed by atoms with van der Waals surface area (Å²) in [5.41, 5.74) is 1.25. The smallest absolute Gasteiger partial charge is 0.248 e. The first-order chi connectivity index (χ1) is 14.9. The molecule has 1 N–H and O–H groups in total. The van der Waals surface area contributed by atoms with Gasteiger partial charge in [0, 0.05) is 11.4 Å². The van der Waals surface area contributed by atoms with E-state index in [0.717, 1.165) is 12.0 Å². The molecular weight excluding hydrogens is 435 g/mol. The molecule has 5 nitrogen and oxygen atoms in total. The van der Waals surface area contributed by atoms with Crippen molar-refractivity contribution in [3.05, 3.63) is 76.3 Å². The van der Waals surface area contributed by atoms with Crippen molar-refractivity contribution in [1.29, 1.82) is 0 Å². The topological polar surface area (TPSA) is 66.5 Å². The number of likely N-dealkylation sites (tertiary alicyclic amines) is 1. The van der Waals surface area contributed by atoms with Gasteiger partial charge in [-0.3, -0.25) is 19.3 Å². The maximum atomic E-state index is 13.4. The van der Waals surface area contributed by atoms with Crippen LogP contribution in [0.15, 0.2) is 60.7 Å². The van der Waals surface area contributed by atoms with Crippen LogP contribution in [-0.4, -0.2) is 28.7 Å². The third-order valence-electron chi connectivity index (χ3n) is 6.58. The summed E-state index contributed by atoms with van der Waals surface area (Å²) < 4.78 is 0. The van der Waals surface area contributed by atoms with Crippen molar-refractivity contribution < 1.29 is 14.4 Å². The molecule has 3 aliphatic rings. The van der Waals surface area contributed by atoms with Gasteiger partial charge in [-0.2, -0.15) is 0 Å². The van der Waals surface area contributed by atoms with Crippen LogP contribution in [0.25, 0.3) is 0 Å². The Labute approximate surface area is 190 Å². The summed E-state index contributed by atoms with van der Waals surface area (Å²) in [5, 5.41) is 3.53. The van der Waals surface area contributed by atoms with Crippen LogP contribution in [-0.2, 0) is 20.8 Å². The number of rotatable bonds is 5. The molecule has 1 heterocycles. The van der Waals surface area contributed by atoms with Gasteiger partial charge >= 0.3 is 0 Å². The number of fused-ring (bicyclic) bond motifs is 5. The van der Waals surface area contributed by atoms with E-state index in [-0.39, 0.29) is 46.9 Å². The van der Waals surface area contributed by atoms with Gasteiger partial charge < -0.3 is 5.32 Å². The van der Waals surface area contributed by atoms with Crippen molar-refractivity contribution in [2.45, 2.75) is 18.9 Å². The van der Waals surface area contributed by atoms with Crippen molar-refractivity contribution in [2.75, 3.05) is 5.32 Å². The van der Waals surface area contributed by atoms with Crippen molar-refractivity contribution in [2.24, 2.45) is 23.7 Å². The molecule has 5 rings (SSSR count). The number of hydrogen-bond acceptors (Lipinski definition) is 3. The minimum Gasteiger partial charge on any atom is -0.323 e. The van der Waals surface area contributed by atoms with E-state index in [1.54, 1.807) is 12.1 Å². The summed E-state index contributed by atoms with van der Waals surface area (Å²) in [6, 6.07) is 13.2. The Kier molecular flexibility index (Phi) is 5.11. The maximum Gasteiger partial charge on any atom is 0.248 e. The Hall–Kier alpha value is -2.63. The number of imide groups is 1. The summed E-state index contributed by atoms with van der Waals surface area (Å²) in [6.45, 7) is 0. The van der Waals surface area contributed by atoms with E-state index in [2.05, 4.69) is 5.32 Å². The van der Waals surface area contributed by atoms with E-state index in [0.29, 0.717) is 10.7 Å². The van der Waals surface area contributed by atoms with E-state index in [9.17, 15) is 14.4 Å². The summed E-state index contributed by atoms with van der Waals surface area (Å²) in [6.07, 6.45) is 5.16. The second-order valence-electron chi connectivity index (χ2n) is 8.37. The van der Waals surface area contributed by atoms with Crippen molar-refractivity contribution >= 4 is 46.6 Å². The lowest BCUT2D eigenvalue weighted by atomic mass is 9.85. The van der Waals surface area contributed by atoms with E-state index in [1.807, 2.05) is 42.5 Å². The zero-order valence-electron chi connectivity index (χ0n) is 16.5. The Balaban J connectivity index is 1.47. The van der Waals surface area contributed by atoms with Crippen LogP contribution in [0.4, 0.5) is 5.69 Å². The van der Waals surface area contributed by atoms with Crippen LogP contribution < -0.4 is 5.32 Å². The molecule has 1 saturated heterocycles. The van der Waals surface area contributed by atoms with Gasteiger partial charge in [-0.05, 0) is 42.0 Å². The molecule has 2 aromatic rings. The van der Waals surface area contributed by atoms with E-state index >= 15 is 0 Å². The van der Waals surface area contributed by atoms with Gasteiger partial charge in [0.05, 0.1) is 22.5 Å². The molecule has 0 radical (unpaired) electrons. The van der Waals surface area contributed by atoms with Crippen LogP contribution >= 0.6 is 23.2 Å². The summed E-state index contributed by atoms with van der Waals surface area (Å²) in [4.78, 5) is 41.2. The third kappa shape index (κ3) is 3.46. The fourth-order valence-electron chi connectivity index (χ4n) is 5.18. The van der Waals surface area contributed by atoms with Crippen molar-refractivity contribution in [3.63, 3.8) is 0 Å². The molecule has 3 amide bonds. The lowest BCUT2D eigenvalue weighted by molar-refractivity contribution is -0.147. The van der Waals surface area contributed by atoms with Gasteiger partial charge in [0.1, 0.15) is 6.04 Å². The zero-order chi connectivity index (χ0) is 21.7. The number of hydrogen-bond donors (Lipinski definition) is 1. The number of carbonyl (C=O) groups is 3. The lowest BCUT2D eigenvalue weighted by Crippen LogP contribution is -2.49. The SMILES string of the molecule is O=C(Nc1ccc(Cl)cc1Cl)C(Cc1ccccc1)N1C(=O)C2C3C=CC(C3)C2C1=O. The number of nitrogens with one attached hydrogen (secondary N) is 1. The molecule has 5 atom stereocenters. The minimum absolute atomic E-state index is 0.0857. The van der Waals surface area contributed by atoms with Crippen LogP contribution in [0.2, 0.25) is 10.0 Å². The van der Waals surface area contributed by atoms with Gasteiger partial charge in [0.15, 0.2) is 0 Å². The molecule has 2 aromatic carbocycles.